The molecule has 1 N–H and O–H groups in total. The number of nitrogens with zero attached hydrogens (tertiary/aromatic N) is 2. The molecule has 0 unspecified atom stereocenters. The second kappa shape index (κ2) is 6.43. The summed E-state index contributed by atoms with van der Waals surface area (Å²) in [5.74, 6) is 0.568. The van der Waals surface area contributed by atoms with Crippen molar-refractivity contribution in [1.82, 2.24) is 15.1 Å². The van der Waals surface area contributed by atoms with Crippen LogP contribution < -0.4 is 10.1 Å². The van der Waals surface area contributed by atoms with E-state index in [0.29, 0.717) is 12.3 Å². The van der Waals surface area contributed by atoms with Crippen LogP contribution >= 0.6 is 0 Å². The molecule has 1 aromatic heterocycles. The summed E-state index contributed by atoms with van der Waals surface area (Å²) in [6, 6.07) is 7.64. The second-order valence-electron chi connectivity index (χ2n) is 5.15. The largest absolute Gasteiger partial charge is 0.484 e. The Labute approximate surface area is 124 Å². The number of aryl methyl sites for hydroxylation is 3. The van der Waals surface area contributed by atoms with Crippen molar-refractivity contribution in [1.29, 1.82) is 0 Å². The molecule has 0 aliphatic carbocycles. The molecule has 1 heterocycles. The molecular formula is C16H21N3O2. The highest BCUT2D eigenvalue weighted by molar-refractivity contribution is 5.77. The number of rotatable bonds is 5. The highest BCUT2D eigenvalue weighted by Crippen LogP contribution is 2.13. The first-order valence-electron chi connectivity index (χ1n) is 6.92. The predicted octanol–water partition coefficient (Wildman–Crippen LogP) is 2.04. The molecule has 1 amide bonds. The maximum atomic E-state index is 11.8. The van der Waals surface area contributed by atoms with E-state index in [1.807, 2.05) is 56.8 Å². The standard InChI is InChI=1S/C16H21N3O2/c1-11-6-5-7-14(8-11)21-10-16(20)17-9-15-12(2)18-19(4)13(15)3/h5-8H,9-10H2,1-4H3,(H,17,20). The Kier molecular flexibility index (Phi) is 4.62. The fraction of sp³-hybridized carbons (Fsp3) is 0.375. The van der Waals surface area contributed by atoms with Crippen LogP contribution in [0.25, 0.3) is 0 Å². The number of carbonyl (C=O) groups is 1. The Hall–Kier alpha value is -2.30. The van der Waals surface area contributed by atoms with Crippen molar-refractivity contribution < 1.29 is 9.53 Å². The Bertz CT molecular complexity index is 647. The maximum absolute atomic E-state index is 11.8. The predicted molar refractivity (Wildman–Crippen MR) is 81.2 cm³/mol. The fourth-order valence-corrected chi connectivity index (χ4v) is 2.17. The van der Waals surface area contributed by atoms with E-state index in [1.165, 1.54) is 0 Å². The highest BCUT2D eigenvalue weighted by Gasteiger charge is 2.10. The first kappa shape index (κ1) is 15.1. The molecule has 2 rings (SSSR count). The van der Waals surface area contributed by atoms with Crippen LogP contribution in [0, 0.1) is 20.8 Å². The topological polar surface area (TPSA) is 56.1 Å². The highest BCUT2D eigenvalue weighted by atomic mass is 16.5. The molecule has 0 bridgehead atoms. The molecule has 5 heteroatoms. The fourth-order valence-electron chi connectivity index (χ4n) is 2.17. The zero-order valence-corrected chi connectivity index (χ0v) is 12.9. The number of nitrogens with one attached hydrogen (secondary N) is 1. The maximum Gasteiger partial charge on any atom is 0.258 e. The second-order valence-corrected chi connectivity index (χ2v) is 5.15. The van der Waals surface area contributed by atoms with Crippen LogP contribution in [-0.2, 0) is 18.4 Å². The summed E-state index contributed by atoms with van der Waals surface area (Å²) in [4.78, 5) is 11.8. The van der Waals surface area contributed by atoms with Gasteiger partial charge in [-0.05, 0) is 38.5 Å². The molecule has 0 radical (unpaired) electrons. The normalized spacial score (nSPS) is 10.5. The van der Waals surface area contributed by atoms with E-state index in [1.54, 1.807) is 0 Å². The third-order valence-corrected chi connectivity index (χ3v) is 3.48. The lowest BCUT2D eigenvalue weighted by Crippen LogP contribution is -2.28. The zero-order valence-electron chi connectivity index (χ0n) is 12.9. The quantitative estimate of drug-likeness (QED) is 0.915. The van der Waals surface area contributed by atoms with Crippen molar-refractivity contribution in [3.05, 3.63) is 46.8 Å². The summed E-state index contributed by atoms with van der Waals surface area (Å²) in [5.41, 5.74) is 4.17. The molecule has 0 saturated heterocycles. The van der Waals surface area contributed by atoms with E-state index in [4.69, 9.17) is 4.74 Å². The monoisotopic (exact) mass is 287 g/mol. The number of ether oxygens (including phenoxy) is 1. The van der Waals surface area contributed by atoms with E-state index in [9.17, 15) is 4.79 Å². The lowest BCUT2D eigenvalue weighted by atomic mass is 10.2. The van der Waals surface area contributed by atoms with E-state index in [0.717, 1.165) is 22.5 Å². The summed E-state index contributed by atoms with van der Waals surface area (Å²) in [7, 11) is 1.90. The van der Waals surface area contributed by atoms with Crippen molar-refractivity contribution in [2.75, 3.05) is 6.61 Å². The van der Waals surface area contributed by atoms with Gasteiger partial charge in [0.15, 0.2) is 6.61 Å². The number of amides is 1. The van der Waals surface area contributed by atoms with Gasteiger partial charge in [0.25, 0.3) is 5.91 Å². The number of hydrogen-bond acceptors (Lipinski definition) is 3. The molecule has 1 aromatic carbocycles. The SMILES string of the molecule is Cc1cccc(OCC(=O)NCc2c(C)nn(C)c2C)c1. The molecule has 0 atom stereocenters. The molecule has 21 heavy (non-hydrogen) atoms. The Morgan fingerprint density at radius 1 is 1.33 bits per heavy atom. The van der Waals surface area contributed by atoms with Crippen LogP contribution in [0.4, 0.5) is 0 Å². The van der Waals surface area contributed by atoms with E-state index in [-0.39, 0.29) is 12.5 Å². The minimum absolute atomic E-state index is 0.0157. The van der Waals surface area contributed by atoms with Crippen molar-refractivity contribution >= 4 is 5.91 Å². The first-order chi connectivity index (χ1) is 9.97. The molecular weight excluding hydrogens is 266 g/mol. The van der Waals surface area contributed by atoms with E-state index < -0.39 is 0 Å². The van der Waals surface area contributed by atoms with Gasteiger partial charge >= 0.3 is 0 Å². The molecule has 0 saturated carbocycles. The Morgan fingerprint density at radius 3 is 2.71 bits per heavy atom. The van der Waals surface area contributed by atoms with Gasteiger partial charge in [0.1, 0.15) is 5.75 Å². The molecule has 0 aliphatic rings. The van der Waals surface area contributed by atoms with Gasteiger partial charge < -0.3 is 10.1 Å². The van der Waals surface area contributed by atoms with Crippen LogP contribution in [0.1, 0.15) is 22.5 Å². The van der Waals surface area contributed by atoms with Gasteiger partial charge in [-0.15, -0.1) is 0 Å². The number of carbonyl (C=O) groups excluding carboxylic acids is 1. The summed E-state index contributed by atoms with van der Waals surface area (Å²) in [6.07, 6.45) is 0. The third-order valence-electron chi connectivity index (χ3n) is 3.48. The number of hydrogen-bond donors (Lipinski definition) is 1. The van der Waals surface area contributed by atoms with E-state index in [2.05, 4.69) is 10.4 Å². The third kappa shape index (κ3) is 3.84. The van der Waals surface area contributed by atoms with Crippen molar-refractivity contribution in [3.8, 4) is 5.75 Å². The molecule has 0 spiro atoms. The molecule has 2 aromatic rings. The molecule has 5 nitrogen and oxygen atoms in total. The van der Waals surface area contributed by atoms with Gasteiger partial charge in [0.05, 0.1) is 5.69 Å². The average Bonchev–Trinajstić information content (AvgIpc) is 2.68. The minimum atomic E-state index is -0.140. The van der Waals surface area contributed by atoms with Crippen LogP contribution in [0.2, 0.25) is 0 Å². The lowest BCUT2D eigenvalue weighted by Gasteiger charge is -2.08. The average molecular weight is 287 g/mol. The summed E-state index contributed by atoms with van der Waals surface area (Å²) < 4.78 is 7.29. The van der Waals surface area contributed by atoms with Gasteiger partial charge in [-0.1, -0.05) is 12.1 Å². The zero-order chi connectivity index (χ0) is 15.4. The van der Waals surface area contributed by atoms with Gasteiger partial charge in [-0.25, -0.2) is 0 Å². The molecule has 0 aliphatic heterocycles. The number of aromatic nitrogens is 2. The molecule has 0 fully saturated rings. The van der Waals surface area contributed by atoms with Crippen LogP contribution in [0.15, 0.2) is 24.3 Å². The Balaban J connectivity index is 1.85. The minimum Gasteiger partial charge on any atom is -0.484 e. The lowest BCUT2D eigenvalue weighted by molar-refractivity contribution is -0.123. The van der Waals surface area contributed by atoms with Crippen LogP contribution in [0.5, 0.6) is 5.75 Å². The summed E-state index contributed by atoms with van der Waals surface area (Å²) >= 11 is 0. The van der Waals surface area contributed by atoms with Crippen molar-refractivity contribution in [3.63, 3.8) is 0 Å². The van der Waals surface area contributed by atoms with Crippen LogP contribution in [0.3, 0.4) is 0 Å². The van der Waals surface area contributed by atoms with Gasteiger partial charge in [0, 0.05) is 24.8 Å². The van der Waals surface area contributed by atoms with Crippen LogP contribution in [-0.4, -0.2) is 22.3 Å². The summed E-state index contributed by atoms with van der Waals surface area (Å²) in [6.45, 7) is 6.41. The Morgan fingerprint density at radius 2 is 2.10 bits per heavy atom. The molecule has 112 valence electrons. The smallest absolute Gasteiger partial charge is 0.258 e. The van der Waals surface area contributed by atoms with E-state index >= 15 is 0 Å². The van der Waals surface area contributed by atoms with Gasteiger partial charge in [-0.3, -0.25) is 9.48 Å². The summed E-state index contributed by atoms with van der Waals surface area (Å²) in [5, 5.41) is 7.19. The van der Waals surface area contributed by atoms with Gasteiger partial charge in [0.2, 0.25) is 0 Å². The first-order valence-corrected chi connectivity index (χ1v) is 6.92. The van der Waals surface area contributed by atoms with Gasteiger partial charge in [-0.2, -0.15) is 5.10 Å². The number of benzene rings is 1. The van der Waals surface area contributed by atoms with Crippen molar-refractivity contribution in [2.24, 2.45) is 7.05 Å². The van der Waals surface area contributed by atoms with Crippen molar-refractivity contribution in [2.45, 2.75) is 27.3 Å².